The second-order valence-electron chi connectivity index (χ2n) is 8.69. The Balaban J connectivity index is 1.21. The number of amides is 1. The number of aldehydes is 1. The second kappa shape index (κ2) is 8.28. The summed E-state index contributed by atoms with van der Waals surface area (Å²) < 4.78 is 11.7. The van der Waals surface area contributed by atoms with Crippen LogP contribution in [0.2, 0.25) is 0 Å². The van der Waals surface area contributed by atoms with E-state index in [1.165, 1.54) is 39.2 Å². The number of carbonyl (C=O) groups excluding carboxylic acids is 2. The van der Waals surface area contributed by atoms with Gasteiger partial charge in [-0.25, -0.2) is 4.79 Å². The summed E-state index contributed by atoms with van der Waals surface area (Å²) in [4.78, 5) is 28.0. The highest BCUT2D eigenvalue weighted by Crippen LogP contribution is 2.44. The van der Waals surface area contributed by atoms with Gasteiger partial charge >= 0.3 is 6.09 Å². The number of ether oxygens (including phenoxy) is 2. The van der Waals surface area contributed by atoms with Gasteiger partial charge in [0.15, 0.2) is 6.29 Å². The van der Waals surface area contributed by atoms with Crippen molar-refractivity contribution < 1.29 is 19.1 Å². The van der Waals surface area contributed by atoms with Gasteiger partial charge in [0.1, 0.15) is 6.61 Å². The van der Waals surface area contributed by atoms with Crippen LogP contribution in [0.15, 0.2) is 66.7 Å². The molecule has 2 bridgehead atoms. The van der Waals surface area contributed by atoms with Crippen LogP contribution in [0.3, 0.4) is 0 Å². The molecular formula is C27H23NO4S. The molecule has 1 fully saturated rings. The van der Waals surface area contributed by atoms with Crippen LogP contribution < -0.4 is 0 Å². The van der Waals surface area contributed by atoms with Crippen molar-refractivity contribution >= 4 is 29.3 Å². The van der Waals surface area contributed by atoms with Gasteiger partial charge in [0.05, 0.1) is 30.2 Å². The number of benzene rings is 2. The molecule has 166 valence electrons. The molecule has 1 amide bonds. The first-order valence-corrected chi connectivity index (χ1v) is 12.0. The van der Waals surface area contributed by atoms with Crippen LogP contribution in [-0.2, 0) is 9.47 Å². The van der Waals surface area contributed by atoms with E-state index in [1.807, 2.05) is 29.2 Å². The fourth-order valence-electron chi connectivity index (χ4n) is 5.32. The molecule has 0 saturated carbocycles. The molecule has 1 aromatic heterocycles. The molecule has 2 unspecified atom stereocenters. The van der Waals surface area contributed by atoms with Crippen LogP contribution in [-0.4, -0.2) is 49.2 Å². The number of morpholine rings is 1. The quantitative estimate of drug-likeness (QED) is 0.495. The third-order valence-electron chi connectivity index (χ3n) is 6.80. The van der Waals surface area contributed by atoms with Crippen molar-refractivity contribution in [1.82, 2.24) is 4.90 Å². The Morgan fingerprint density at radius 2 is 1.76 bits per heavy atom. The fraction of sp³-hybridized carbons (Fsp3) is 0.259. The minimum Gasteiger partial charge on any atom is -0.448 e. The first-order valence-electron chi connectivity index (χ1n) is 11.2. The third kappa shape index (κ3) is 3.50. The van der Waals surface area contributed by atoms with E-state index in [-0.39, 0.29) is 24.1 Å². The summed E-state index contributed by atoms with van der Waals surface area (Å²) in [6.45, 7) is 1.26. The Bertz CT molecular complexity index is 1220. The van der Waals surface area contributed by atoms with E-state index < -0.39 is 0 Å². The Labute approximate surface area is 196 Å². The molecule has 33 heavy (non-hydrogen) atoms. The van der Waals surface area contributed by atoms with Crippen LogP contribution in [0, 0.1) is 0 Å². The summed E-state index contributed by atoms with van der Waals surface area (Å²) >= 11 is 1.49. The van der Waals surface area contributed by atoms with Gasteiger partial charge in [-0.3, -0.25) is 9.69 Å². The summed E-state index contributed by atoms with van der Waals surface area (Å²) in [6, 6.07) is 20.3. The van der Waals surface area contributed by atoms with E-state index in [0.717, 1.165) is 11.2 Å². The van der Waals surface area contributed by atoms with Crippen LogP contribution >= 0.6 is 11.3 Å². The van der Waals surface area contributed by atoms with Crippen LogP contribution in [0.1, 0.15) is 38.0 Å². The molecule has 0 radical (unpaired) electrons. The van der Waals surface area contributed by atoms with Crippen molar-refractivity contribution in [3.8, 4) is 11.1 Å². The predicted octanol–water partition coefficient (Wildman–Crippen LogP) is 5.37. The summed E-state index contributed by atoms with van der Waals surface area (Å²) in [5.41, 5.74) is 6.03. The summed E-state index contributed by atoms with van der Waals surface area (Å²) in [6.07, 6.45) is 3.38. The molecule has 5 nitrogen and oxygen atoms in total. The molecule has 3 aliphatic rings. The van der Waals surface area contributed by atoms with Crippen LogP contribution in [0.5, 0.6) is 0 Å². The highest BCUT2D eigenvalue weighted by Gasteiger charge is 2.40. The maximum atomic E-state index is 13.3. The van der Waals surface area contributed by atoms with Gasteiger partial charge in [0.2, 0.25) is 0 Å². The predicted molar refractivity (Wildman–Crippen MR) is 128 cm³/mol. The van der Waals surface area contributed by atoms with Gasteiger partial charge in [0.25, 0.3) is 0 Å². The molecule has 2 atom stereocenters. The molecule has 1 saturated heterocycles. The van der Waals surface area contributed by atoms with Crippen LogP contribution in [0.4, 0.5) is 4.79 Å². The minimum atomic E-state index is -0.287. The number of rotatable bonds is 4. The molecule has 2 aliphatic heterocycles. The maximum Gasteiger partial charge on any atom is 0.410 e. The van der Waals surface area contributed by atoms with Crippen molar-refractivity contribution in [2.45, 2.75) is 24.4 Å². The molecule has 1 aliphatic carbocycles. The number of thiophene rings is 1. The van der Waals surface area contributed by atoms with Crippen molar-refractivity contribution in [2.75, 3.05) is 19.8 Å². The summed E-state index contributed by atoms with van der Waals surface area (Å²) in [5, 5.41) is 0. The Hall–Kier alpha value is -3.22. The number of hydrogen-bond acceptors (Lipinski definition) is 5. The summed E-state index contributed by atoms with van der Waals surface area (Å²) in [5.74, 6) is 0.0428. The summed E-state index contributed by atoms with van der Waals surface area (Å²) in [7, 11) is 0. The lowest BCUT2D eigenvalue weighted by Crippen LogP contribution is -2.56. The van der Waals surface area contributed by atoms with Gasteiger partial charge < -0.3 is 9.47 Å². The standard InChI is InChI=1S/C27H23NO4S/c29-13-20-9-10-26(33-20)17-11-18-14-31-15-19(12-17)28(18)27(30)32-16-25-23-7-3-1-5-21(23)22-6-2-4-8-24(22)25/h1-11,13,18-19,25H,12,14-16H2. The van der Waals surface area contributed by atoms with Crippen molar-refractivity contribution in [2.24, 2.45) is 0 Å². The Kier molecular flexibility index (Phi) is 5.12. The molecule has 2 aromatic carbocycles. The fourth-order valence-corrected chi connectivity index (χ4v) is 6.18. The Morgan fingerprint density at radius 1 is 1.03 bits per heavy atom. The third-order valence-corrected chi connectivity index (χ3v) is 7.89. The lowest BCUT2D eigenvalue weighted by Gasteiger charge is -2.43. The highest BCUT2D eigenvalue weighted by atomic mass is 32.1. The monoisotopic (exact) mass is 457 g/mol. The molecule has 6 heteroatoms. The number of nitrogens with zero attached hydrogens (tertiary/aromatic N) is 1. The molecule has 0 N–H and O–H groups in total. The first-order chi connectivity index (χ1) is 16.2. The zero-order valence-corrected chi connectivity index (χ0v) is 18.8. The van der Waals surface area contributed by atoms with Crippen molar-refractivity contribution in [3.05, 3.63) is 87.6 Å². The van der Waals surface area contributed by atoms with E-state index >= 15 is 0 Å². The molecule has 6 rings (SSSR count). The molecular weight excluding hydrogens is 434 g/mol. The smallest absolute Gasteiger partial charge is 0.410 e. The van der Waals surface area contributed by atoms with Gasteiger partial charge in [-0.05, 0) is 46.4 Å². The van der Waals surface area contributed by atoms with Crippen molar-refractivity contribution in [3.63, 3.8) is 0 Å². The van der Waals surface area contributed by atoms with E-state index in [2.05, 4.69) is 42.5 Å². The van der Waals surface area contributed by atoms with E-state index in [4.69, 9.17) is 9.47 Å². The number of carbonyl (C=O) groups is 2. The minimum absolute atomic E-state index is 0.0428. The normalized spacial score (nSPS) is 21.2. The van der Waals surface area contributed by atoms with Gasteiger partial charge in [-0.1, -0.05) is 54.6 Å². The molecule has 0 spiro atoms. The van der Waals surface area contributed by atoms with Gasteiger partial charge in [-0.2, -0.15) is 0 Å². The maximum absolute atomic E-state index is 13.3. The van der Waals surface area contributed by atoms with Crippen LogP contribution in [0.25, 0.3) is 16.7 Å². The van der Waals surface area contributed by atoms with Crippen molar-refractivity contribution in [1.29, 1.82) is 0 Å². The van der Waals surface area contributed by atoms with Gasteiger partial charge in [0, 0.05) is 10.8 Å². The lowest BCUT2D eigenvalue weighted by atomic mass is 9.93. The zero-order valence-electron chi connectivity index (χ0n) is 18.0. The number of hydrogen-bond donors (Lipinski definition) is 0. The number of fused-ring (bicyclic) bond motifs is 5. The highest BCUT2D eigenvalue weighted by molar-refractivity contribution is 7.14. The SMILES string of the molecule is O=Cc1ccc(C2=CC3COCC(C2)N3C(=O)OCC2c3ccccc3-c3ccccc32)s1. The topological polar surface area (TPSA) is 55.8 Å². The average Bonchev–Trinajstić information content (AvgIpc) is 3.45. The van der Waals surface area contributed by atoms with E-state index in [1.54, 1.807) is 0 Å². The lowest BCUT2D eigenvalue weighted by molar-refractivity contribution is -0.0331. The first kappa shape index (κ1) is 20.4. The van der Waals surface area contributed by atoms with Gasteiger partial charge in [-0.15, -0.1) is 11.3 Å². The average molecular weight is 458 g/mol. The van der Waals surface area contributed by atoms with E-state index in [9.17, 15) is 9.59 Å². The zero-order chi connectivity index (χ0) is 22.4. The Morgan fingerprint density at radius 3 is 2.42 bits per heavy atom. The largest absolute Gasteiger partial charge is 0.448 e. The second-order valence-corrected chi connectivity index (χ2v) is 9.80. The molecule has 3 aromatic rings. The molecule has 3 heterocycles. The van der Waals surface area contributed by atoms with E-state index in [0.29, 0.717) is 31.1 Å².